The molecule has 0 radical (unpaired) electrons. The van der Waals surface area contributed by atoms with Gasteiger partial charge in [-0.15, -0.1) is 0 Å². The van der Waals surface area contributed by atoms with E-state index < -0.39 is 75.9 Å². The zero-order valence-corrected chi connectivity index (χ0v) is 40.7. The van der Waals surface area contributed by atoms with Gasteiger partial charge in [-0.25, -0.2) is 0 Å². The Labute approximate surface area is 397 Å². The largest absolute Gasteiger partial charge is 0.465 e. The van der Waals surface area contributed by atoms with Gasteiger partial charge in [-0.05, 0) is 161 Å². The van der Waals surface area contributed by atoms with Crippen LogP contribution in [0.4, 0.5) is 0 Å². The lowest BCUT2D eigenvalue weighted by Crippen LogP contribution is -2.64. The molecular weight excluding hydrogens is 849 g/mol. The molecule has 12 heteroatoms. The molecule has 20 unspecified atom stereocenters. The molecule has 5 fully saturated rings. The number of aliphatic hydroxyl groups is 6. The third-order valence-electron chi connectivity index (χ3n) is 20.0. The molecule has 1 aliphatic heterocycles. The van der Waals surface area contributed by atoms with Gasteiger partial charge in [-0.2, -0.15) is 0 Å². The number of H-pyrrole nitrogens is 1. The number of cyclic esters (lactones) is 1. The first-order chi connectivity index (χ1) is 31.7. The van der Waals surface area contributed by atoms with Gasteiger partial charge in [-0.3, -0.25) is 14.4 Å². The number of ketones is 2. The number of allylic oxidation sites excluding steroid dienone is 3. The number of hydrogen-bond donors (Lipinski definition) is 8. The van der Waals surface area contributed by atoms with E-state index >= 15 is 0 Å². The van der Waals surface area contributed by atoms with Crippen LogP contribution in [-0.2, 0) is 19.1 Å². The number of hydrogen-bond acceptors (Lipinski definition) is 11. The highest BCUT2D eigenvalue weighted by Gasteiger charge is 2.73. The molecular formula is C55H78N2O10. The van der Waals surface area contributed by atoms with Gasteiger partial charge < -0.3 is 45.7 Å². The third-order valence-corrected chi connectivity index (χ3v) is 20.0. The van der Waals surface area contributed by atoms with E-state index in [2.05, 4.69) is 42.1 Å². The second-order valence-corrected chi connectivity index (χ2v) is 23.9. The van der Waals surface area contributed by atoms with Crippen LogP contribution in [0.25, 0.3) is 0 Å². The predicted octanol–water partition coefficient (Wildman–Crippen LogP) is 5.76. The summed E-state index contributed by atoms with van der Waals surface area (Å²) in [5, 5.41) is 76.0. The van der Waals surface area contributed by atoms with Gasteiger partial charge in [0.25, 0.3) is 0 Å². The van der Waals surface area contributed by atoms with E-state index in [1.807, 2.05) is 32.3 Å². The minimum Gasteiger partial charge on any atom is -0.465 e. The molecule has 4 saturated carbocycles. The lowest BCUT2D eigenvalue weighted by molar-refractivity contribution is -0.184. The maximum atomic E-state index is 15.0. The second kappa shape index (κ2) is 18.1. The minimum atomic E-state index is -1.74. The van der Waals surface area contributed by atoms with E-state index in [1.165, 1.54) is 12.5 Å². The first-order valence-electron chi connectivity index (χ1n) is 25.9. The highest BCUT2D eigenvalue weighted by Crippen LogP contribution is 2.72. The third kappa shape index (κ3) is 8.02. The van der Waals surface area contributed by atoms with Crippen LogP contribution >= 0.6 is 0 Å². The summed E-state index contributed by atoms with van der Waals surface area (Å²) in [5.41, 5.74) is -2.31. The first-order valence-corrected chi connectivity index (χ1v) is 25.9. The van der Waals surface area contributed by atoms with Crippen LogP contribution in [0.2, 0.25) is 0 Å². The average Bonchev–Trinajstić information content (AvgIpc) is 4.00. The Bertz CT molecular complexity index is 2190. The number of fused-ring (bicyclic) bond motifs is 10. The second-order valence-electron chi connectivity index (χ2n) is 23.9. The highest BCUT2D eigenvalue weighted by molar-refractivity contribution is 6.00. The normalized spacial score (nSPS) is 47.4. The van der Waals surface area contributed by atoms with E-state index in [1.54, 1.807) is 6.92 Å². The number of nitrogens with one attached hydrogen (secondary N) is 2. The van der Waals surface area contributed by atoms with Gasteiger partial charge in [0.15, 0.2) is 5.78 Å². The summed E-state index contributed by atoms with van der Waals surface area (Å²) in [6, 6.07) is 1.95. The summed E-state index contributed by atoms with van der Waals surface area (Å²) in [7, 11) is 0. The van der Waals surface area contributed by atoms with E-state index in [9.17, 15) is 45.0 Å². The maximum absolute atomic E-state index is 15.0. The molecule has 9 rings (SSSR count). The Morgan fingerprint density at radius 1 is 0.940 bits per heavy atom. The van der Waals surface area contributed by atoms with E-state index in [0.29, 0.717) is 49.5 Å². The Morgan fingerprint density at radius 2 is 1.72 bits per heavy atom. The Kier molecular flexibility index (Phi) is 13.2. The Hall–Kier alpha value is -3.31. The lowest BCUT2D eigenvalue weighted by Gasteiger charge is -2.61. The summed E-state index contributed by atoms with van der Waals surface area (Å²) in [6.07, 6.45) is 10.2. The lowest BCUT2D eigenvalue weighted by atomic mass is 9.45. The summed E-state index contributed by atoms with van der Waals surface area (Å²) in [6.45, 7) is 11.7. The fourth-order valence-electron chi connectivity index (χ4n) is 16.5. The van der Waals surface area contributed by atoms with Crippen molar-refractivity contribution in [3.8, 4) is 11.8 Å². The van der Waals surface area contributed by atoms with Crippen LogP contribution in [0.15, 0.2) is 41.4 Å². The number of rotatable bonds is 8. The minimum absolute atomic E-state index is 0.00344. The predicted molar refractivity (Wildman–Crippen MR) is 251 cm³/mol. The molecule has 8 N–H and O–H groups in total. The van der Waals surface area contributed by atoms with Crippen molar-refractivity contribution >= 4 is 17.5 Å². The molecule has 1 aromatic heterocycles. The topological polar surface area (TPSA) is 210 Å². The van der Waals surface area contributed by atoms with Crippen LogP contribution in [0.3, 0.4) is 0 Å². The summed E-state index contributed by atoms with van der Waals surface area (Å²) in [4.78, 5) is 44.5. The highest BCUT2D eigenvalue weighted by atomic mass is 16.5. The maximum Gasteiger partial charge on any atom is 0.313 e. The van der Waals surface area contributed by atoms with Crippen molar-refractivity contribution in [1.29, 1.82) is 0 Å². The fraction of sp³-hybridized carbons (Fsp3) is 0.764. The van der Waals surface area contributed by atoms with Crippen molar-refractivity contribution in [2.45, 2.75) is 160 Å². The zero-order valence-electron chi connectivity index (χ0n) is 40.7. The van der Waals surface area contributed by atoms with Gasteiger partial charge in [-0.1, -0.05) is 51.2 Å². The number of aliphatic hydroxyl groups excluding tert-OH is 4. The quantitative estimate of drug-likeness (QED) is 0.0894. The number of carbonyl (C=O) groups is 3. The van der Waals surface area contributed by atoms with E-state index in [4.69, 9.17) is 4.74 Å². The molecule has 20 atom stereocenters. The molecule has 1 saturated heterocycles. The number of aromatic nitrogens is 1. The van der Waals surface area contributed by atoms with Gasteiger partial charge in [0, 0.05) is 54.0 Å². The van der Waals surface area contributed by atoms with Crippen LogP contribution in [-0.4, -0.2) is 102 Å². The number of ether oxygens (including phenoxy) is 1. The van der Waals surface area contributed by atoms with Crippen molar-refractivity contribution in [3.05, 3.63) is 46.9 Å². The van der Waals surface area contributed by atoms with Crippen molar-refractivity contribution < 1.29 is 49.8 Å². The molecule has 368 valence electrons. The van der Waals surface area contributed by atoms with Crippen molar-refractivity contribution in [3.63, 3.8) is 0 Å². The van der Waals surface area contributed by atoms with E-state index in [-0.39, 0.29) is 91.8 Å². The molecule has 1 aromatic rings. The summed E-state index contributed by atoms with van der Waals surface area (Å²) >= 11 is 0. The summed E-state index contributed by atoms with van der Waals surface area (Å²) in [5.74, 6) is 4.47. The molecule has 0 amide bonds. The molecule has 67 heavy (non-hydrogen) atoms. The van der Waals surface area contributed by atoms with Crippen LogP contribution in [0, 0.1) is 93.7 Å². The van der Waals surface area contributed by atoms with Crippen molar-refractivity contribution in [2.75, 3.05) is 19.8 Å². The number of Topliss-reactive ketones (excluding diaryl/α,β-unsaturated/α-hetero) is 2. The van der Waals surface area contributed by atoms with E-state index in [0.717, 1.165) is 37.7 Å². The molecule has 0 aromatic carbocycles. The smallest absolute Gasteiger partial charge is 0.313 e. The number of aromatic amines is 1. The fourth-order valence-corrected chi connectivity index (χ4v) is 16.5. The van der Waals surface area contributed by atoms with Crippen molar-refractivity contribution in [1.82, 2.24) is 10.3 Å². The Morgan fingerprint density at radius 3 is 2.43 bits per heavy atom. The molecule has 0 spiro atoms. The Balaban J connectivity index is 1.22. The van der Waals surface area contributed by atoms with Gasteiger partial charge in [0.2, 0.25) is 0 Å². The van der Waals surface area contributed by atoms with Crippen LogP contribution < -0.4 is 5.32 Å². The zero-order chi connectivity index (χ0) is 48.0. The number of esters is 1. The number of carbonyl (C=O) groups excluding carboxylic acids is 3. The first kappa shape index (κ1) is 48.7. The van der Waals surface area contributed by atoms with Gasteiger partial charge in [0.05, 0.1) is 54.3 Å². The van der Waals surface area contributed by atoms with Crippen LogP contribution in [0.1, 0.15) is 136 Å². The van der Waals surface area contributed by atoms with Gasteiger partial charge >= 0.3 is 5.97 Å². The average molecular weight is 927 g/mol. The van der Waals surface area contributed by atoms with Crippen molar-refractivity contribution in [2.24, 2.45) is 81.8 Å². The molecule has 2 heterocycles. The molecule has 8 aliphatic rings. The molecule has 12 nitrogen and oxygen atoms in total. The monoisotopic (exact) mass is 927 g/mol. The SMILES string of the molecule is CC(=O)CNC1=C2C(CCC3(C)C4C(CC23O)C(CCCO)C#CC(C2COC(=O)C2c2cc[nH]c2)CC2C3CC(C)CCC3=CCC2C(C)CC(O)C4(C)O)C2(C)CC(O)C(O)CC2C1=O. The molecule has 0 bridgehead atoms. The molecule has 7 aliphatic carbocycles. The van der Waals surface area contributed by atoms with Crippen LogP contribution in [0.5, 0.6) is 0 Å². The van der Waals surface area contributed by atoms with Gasteiger partial charge in [0.1, 0.15) is 5.78 Å². The standard InChI is InChI=1S/C55H78N2O10/c1-29-9-10-33-13-14-36-30(2)21-45(62)54(6,65)50-39(32(8-7-19-58)11-12-34(22-38(36)37(33)20-29)40-28-67-51(64)46(40)35-16-18-56-27-35)24-55(66)47-41(15-17-53(50,55)5)52(4)25-44(61)43(60)23-42(52)49(63)48(47)57-26-31(3)59/h13,16,18,27,29-30,32,34,36-46,50,56-58,60-62,65-66H,7-10,14-15,17,19-26,28H2,1-6H3. The summed E-state index contributed by atoms with van der Waals surface area (Å²) < 4.78 is 5.93.